The lowest BCUT2D eigenvalue weighted by atomic mass is 10.1. The number of unbranched alkanes of at least 4 members (excludes halogenated alkanes) is 1. The molecule has 4 nitrogen and oxygen atoms in total. The van der Waals surface area contributed by atoms with Crippen molar-refractivity contribution in [3.05, 3.63) is 29.3 Å². The van der Waals surface area contributed by atoms with E-state index in [0.29, 0.717) is 17.8 Å². The highest BCUT2D eigenvalue weighted by Gasteiger charge is 2.05. The van der Waals surface area contributed by atoms with Gasteiger partial charge in [0.1, 0.15) is 0 Å². The molecule has 3 N–H and O–H groups in total. The summed E-state index contributed by atoms with van der Waals surface area (Å²) in [6.07, 6.45) is 1.88. The van der Waals surface area contributed by atoms with E-state index in [1.165, 1.54) is 0 Å². The van der Waals surface area contributed by atoms with Gasteiger partial charge in [-0.1, -0.05) is 0 Å². The molecule has 0 spiro atoms. The maximum Gasteiger partial charge on any atom is 0.251 e. The fraction of sp³-hybridized carbons (Fsp3) is 0.462. The minimum atomic E-state index is -0.0504. The van der Waals surface area contributed by atoms with E-state index < -0.39 is 0 Å². The third-order valence-corrected chi connectivity index (χ3v) is 2.59. The molecule has 0 saturated heterocycles. The summed E-state index contributed by atoms with van der Waals surface area (Å²) in [4.78, 5) is 11.8. The Hall–Kier alpha value is -1.55. The van der Waals surface area contributed by atoms with E-state index >= 15 is 0 Å². The first kappa shape index (κ1) is 13.5. The SMILES string of the molecule is COCCCCNC(=O)c1ccc(N)c(C)c1. The molecule has 0 fully saturated rings. The van der Waals surface area contributed by atoms with E-state index in [4.69, 9.17) is 10.5 Å². The van der Waals surface area contributed by atoms with E-state index in [9.17, 15) is 4.79 Å². The van der Waals surface area contributed by atoms with Crippen LogP contribution in [0.1, 0.15) is 28.8 Å². The fourth-order valence-corrected chi connectivity index (χ4v) is 1.49. The van der Waals surface area contributed by atoms with Gasteiger partial charge >= 0.3 is 0 Å². The minimum Gasteiger partial charge on any atom is -0.399 e. The number of benzene rings is 1. The number of ether oxygens (including phenoxy) is 1. The largest absolute Gasteiger partial charge is 0.399 e. The number of hydrogen-bond acceptors (Lipinski definition) is 3. The van der Waals surface area contributed by atoms with Crippen molar-refractivity contribution in [2.75, 3.05) is 26.0 Å². The van der Waals surface area contributed by atoms with Crippen molar-refractivity contribution in [1.82, 2.24) is 5.32 Å². The van der Waals surface area contributed by atoms with Crippen LogP contribution in [-0.2, 0) is 4.74 Å². The Bertz CT molecular complexity index is 378. The number of anilines is 1. The van der Waals surface area contributed by atoms with Crippen LogP contribution >= 0.6 is 0 Å². The Morgan fingerprint density at radius 1 is 1.41 bits per heavy atom. The zero-order valence-corrected chi connectivity index (χ0v) is 10.5. The number of carbonyl (C=O) groups excluding carboxylic acids is 1. The molecular formula is C13H20N2O2. The number of hydrogen-bond donors (Lipinski definition) is 2. The quantitative estimate of drug-likeness (QED) is 0.584. The average Bonchev–Trinajstić information content (AvgIpc) is 2.32. The van der Waals surface area contributed by atoms with E-state index in [1.807, 2.05) is 6.92 Å². The summed E-state index contributed by atoms with van der Waals surface area (Å²) in [6, 6.07) is 5.31. The third-order valence-electron chi connectivity index (χ3n) is 2.59. The van der Waals surface area contributed by atoms with Crippen LogP contribution in [0.3, 0.4) is 0 Å². The van der Waals surface area contributed by atoms with Gasteiger partial charge in [0.15, 0.2) is 0 Å². The van der Waals surface area contributed by atoms with Gasteiger partial charge in [-0.05, 0) is 43.5 Å². The monoisotopic (exact) mass is 236 g/mol. The summed E-state index contributed by atoms with van der Waals surface area (Å²) in [5, 5.41) is 2.87. The standard InChI is InChI=1S/C13H20N2O2/c1-10-9-11(5-6-12(10)14)13(16)15-7-3-4-8-17-2/h5-6,9H,3-4,7-8,14H2,1-2H3,(H,15,16). The molecule has 0 bridgehead atoms. The molecule has 0 saturated carbocycles. The Morgan fingerprint density at radius 2 is 2.18 bits per heavy atom. The number of methoxy groups -OCH3 is 1. The van der Waals surface area contributed by atoms with Crippen LogP contribution < -0.4 is 11.1 Å². The first-order valence-corrected chi connectivity index (χ1v) is 5.78. The number of rotatable bonds is 6. The summed E-state index contributed by atoms with van der Waals surface area (Å²) in [5.41, 5.74) is 7.99. The Morgan fingerprint density at radius 3 is 2.82 bits per heavy atom. The minimum absolute atomic E-state index is 0.0504. The second-order valence-electron chi connectivity index (χ2n) is 4.03. The normalized spacial score (nSPS) is 10.2. The van der Waals surface area contributed by atoms with E-state index in [0.717, 1.165) is 25.0 Å². The molecule has 4 heteroatoms. The van der Waals surface area contributed by atoms with Crippen molar-refractivity contribution in [3.63, 3.8) is 0 Å². The van der Waals surface area contributed by atoms with Crippen LogP contribution in [-0.4, -0.2) is 26.2 Å². The molecule has 0 atom stereocenters. The predicted octanol–water partition coefficient (Wildman–Crippen LogP) is 1.73. The highest BCUT2D eigenvalue weighted by Crippen LogP contribution is 2.12. The molecule has 0 aliphatic carbocycles. The molecule has 1 amide bonds. The van der Waals surface area contributed by atoms with E-state index in [-0.39, 0.29) is 5.91 Å². The van der Waals surface area contributed by atoms with Gasteiger partial charge in [0, 0.05) is 31.5 Å². The molecular weight excluding hydrogens is 216 g/mol. The molecule has 1 aromatic carbocycles. The molecule has 0 aromatic heterocycles. The molecule has 0 heterocycles. The number of nitrogen functional groups attached to an aromatic ring is 1. The third kappa shape index (κ3) is 4.44. The summed E-state index contributed by atoms with van der Waals surface area (Å²) in [6.45, 7) is 3.30. The van der Waals surface area contributed by atoms with E-state index in [1.54, 1.807) is 25.3 Å². The number of nitrogens with one attached hydrogen (secondary N) is 1. The van der Waals surface area contributed by atoms with Crippen LogP contribution in [0, 0.1) is 6.92 Å². The number of nitrogens with two attached hydrogens (primary N) is 1. The van der Waals surface area contributed by atoms with Crippen molar-refractivity contribution in [1.29, 1.82) is 0 Å². The van der Waals surface area contributed by atoms with Crippen molar-refractivity contribution < 1.29 is 9.53 Å². The summed E-state index contributed by atoms with van der Waals surface area (Å²) in [5.74, 6) is -0.0504. The van der Waals surface area contributed by atoms with Gasteiger partial charge < -0.3 is 15.8 Å². The van der Waals surface area contributed by atoms with Crippen LogP contribution in [0.2, 0.25) is 0 Å². The van der Waals surface area contributed by atoms with Crippen LogP contribution in [0.25, 0.3) is 0 Å². The molecule has 0 aliphatic rings. The maximum absolute atomic E-state index is 11.8. The van der Waals surface area contributed by atoms with Gasteiger partial charge in [-0.2, -0.15) is 0 Å². The second kappa shape index (κ2) is 6.91. The summed E-state index contributed by atoms with van der Waals surface area (Å²) in [7, 11) is 1.68. The first-order chi connectivity index (χ1) is 8.15. The number of amides is 1. The Balaban J connectivity index is 2.39. The molecule has 94 valence electrons. The van der Waals surface area contributed by atoms with Crippen molar-refractivity contribution in [2.45, 2.75) is 19.8 Å². The van der Waals surface area contributed by atoms with Gasteiger partial charge in [-0.25, -0.2) is 0 Å². The van der Waals surface area contributed by atoms with Gasteiger partial charge in [0.25, 0.3) is 5.91 Å². The molecule has 0 aliphatic heterocycles. The van der Waals surface area contributed by atoms with Crippen molar-refractivity contribution in [2.24, 2.45) is 0 Å². The zero-order valence-electron chi connectivity index (χ0n) is 10.5. The molecule has 1 rings (SSSR count). The summed E-state index contributed by atoms with van der Waals surface area (Å²) < 4.78 is 4.94. The Kier molecular flexibility index (Phi) is 5.49. The van der Waals surface area contributed by atoms with Gasteiger partial charge in [0.05, 0.1) is 0 Å². The highest BCUT2D eigenvalue weighted by molar-refractivity contribution is 5.94. The second-order valence-corrected chi connectivity index (χ2v) is 4.03. The first-order valence-electron chi connectivity index (χ1n) is 5.78. The van der Waals surface area contributed by atoms with Crippen molar-refractivity contribution >= 4 is 11.6 Å². The van der Waals surface area contributed by atoms with Gasteiger partial charge in [0.2, 0.25) is 0 Å². The van der Waals surface area contributed by atoms with Gasteiger partial charge in [-0.15, -0.1) is 0 Å². The molecule has 17 heavy (non-hydrogen) atoms. The Labute approximate surface area is 102 Å². The zero-order chi connectivity index (χ0) is 12.7. The smallest absolute Gasteiger partial charge is 0.251 e. The number of aryl methyl sites for hydroxylation is 1. The lowest BCUT2D eigenvalue weighted by molar-refractivity contribution is 0.0951. The molecule has 0 radical (unpaired) electrons. The lowest BCUT2D eigenvalue weighted by Gasteiger charge is -2.07. The van der Waals surface area contributed by atoms with Crippen LogP contribution in [0.5, 0.6) is 0 Å². The van der Waals surface area contributed by atoms with Gasteiger partial charge in [-0.3, -0.25) is 4.79 Å². The average molecular weight is 236 g/mol. The predicted molar refractivity (Wildman–Crippen MR) is 69.0 cm³/mol. The lowest BCUT2D eigenvalue weighted by Crippen LogP contribution is -2.24. The van der Waals surface area contributed by atoms with Crippen LogP contribution in [0.4, 0.5) is 5.69 Å². The summed E-state index contributed by atoms with van der Waals surface area (Å²) >= 11 is 0. The van der Waals surface area contributed by atoms with Crippen LogP contribution in [0.15, 0.2) is 18.2 Å². The fourth-order valence-electron chi connectivity index (χ4n) is 1.49. The molecule has 1 aromatic rings. The van der Waals surface area contributed by atoms with E-state index in [2.05, 4.69) is 5.32 Å². The van der Waals surface area contributed by atoms with Crippen molar-refractivity contribution in [3.8, 4) is 0 Å². The number of carbonyl (C=O) groups is 1. The topological polar surface area (TPSA) is 64.3 Å². The molecule has 0 unspecified atom stereocenters. The maximum atomic E-state index is 11.8. The highest BCUT2D eigenvalue weighted by atomic mass is 16.5.